The number of hydrogen-bond donors (Lipinski definition) is 1. The first kappa shape index (κ1) is 26.2. The zero-order valence-electron chi connectivity index (χ0n) is 21.7. The van der Waals surface area contributed by atoms with Crippen molar-refractivity contribution in [2.24, 2.45) is 0 Å². The maximum Gasteiger partial charge on any atom is 0.328 e. The summed E-state index contributed by atoms with van der Waals surface area (Å²) in [5, 5.41) is 12.2. The average Bonchev–Trinajstić information content (AvgIpc) is 3.64. The van der Waals surface area contributed by atoms with Crippen molar-refractivity contribution in [1.82, 2.24) is 14.9 Å². The van der Waals surface area contributed by atoms with Crippen LogP contribution < -0.4 is 15.0 Å². The number of anilines is 2. The molecule has 2 fully saturated rings. The molecular formula is C27H28N6O6. The normalized spacial score (nSPS) is 17.5. The summed E-state index contributed by atoms with van der Waals surface area (Å²) < 4.78 is 16.4. The molecule has 12 heteroatoms. The average molecular weight is 533 g/mol. The summed E-state index contributed by atoms with van der Waals surface area (Å²) in [4.78, 5) is 48.8. The van der Waals surface area contributed by atoms with E-state index in [2.05, 4.69) is 15.3 Å². The summed E-state index contributed by atoms with van der Waals surface area (Å²) in [7, 11) is 1.55. The molecule has 1 spiro atoms. The van der Waals surface area contributed by atoms with Crippen LogP contribution in [0.15, 0.2) is 24.2 Å². The highest BCUT2D eigenvalue weighted by atomic mass is 16.5. The Bertz CT molecular complexity index is 1390. The number of urea groups is 1. The van der Waals surface area contributed by atoms with Gasteiger partial charge < -0.3 is 19.1 Å². The van der Waals surface area contributed by atoms with Gasteiger partial charge >= 0.3 is 6.03 Å². The lowest BCUT2D eigenvalue weighted by Crippen LogP contribution is -2.40. The number of aryl methyl sites for hydroxylation is 1. The molecular weight excluding hydrogens is 504 g/mol. The Morgan fingerprint density at radius 3 is 2.90 bits per heavy atom. The first-order valence-electron chi connectivity index (χ1n) is 12.7. The maximum absolute atomic E-state index is 13.3. The smallest absolute Gasteiger partial charge is 0.328 e. The molecule has 2 aromatic rings. The number of aldehydes is 1. The standard InChI is InChI=1S/C27H28N6O6/c1-17(15-37-2)39-22-9-23(29-11-20(22)10-28)31-26(36)32-7-3-4-18-8-19(21(13-34)30-25(18)32)12-33-24(14-35)38-16-27(33)5-6-27/h8-9,11,13,17H,3-7,12,15-16H2,1-2H3,(H,29,31,36). The summed E-state index contributed by atoms with van der Waals surface area (Å²) in [6.07, 6.45) is 4.86. The summed E-state index contributed by atoms with van der Waals surface area (Å²) in [5.74, 6) is 2.89. The molecule has 0 aromatic carbocycles. The van der Waals surface area contributed by atoms with Gasteiger partial charge in [0.25, 0.3) is 5.88 Å². The third kappa shape index (κ3) is 5.14. The number of pyridine rings is 2. The van der Waals surface area contributed by atoms with E-state index in [-0.39, 0.29) is 40.4 Å². The second-order valence-electron chi connectivity index (χ2n) is 9.89. The number of amides is 2. The fraction of sp³-hybridized carbons (Fsp3) is 0.444. The number of nitriles is 1. The molecule has 39 heavy (non-hydrogen) atoms. The highest BCUT2D eigenvalue weighted by Gasteiger charge is 2.55. The first-order valence-corrected chi connectivity index (χ1v) is 12.7. The van der Waals surface area contributed by atoms with Crippen molar-refractivity contribution in [3.63, 3.8) is 0 Å². The van der Waals surface area contributed by atoms with E-state index >= 15 is 0 Å². The number of ether oxygens (including phenoxy) is 3. The SMILES string of the molecule is COCC(C)Oc1cc(NC(=O)N2CCCc3cc(CN4C(=C=O)OCC45CC5)c(C=O)nc32)ncc1C#N. The number of aromatic nitrogens is 2. The van der Waals surface area contributed by atoms with Gasteiger partial charge in [-0.3, -0.25) is 15.0 Å². The second kappa shape index (κ2) is 10.7. The van der Waals surface area contributed by atoms with Crippen molar-refractivity contribution >= 4 is 29.9 Å². The highest BCUT2D eigenvalue weighted by molar-refractivity contribution is 6.01. The quantitative estimate of drug-likeness (QED) is 0.397. The van der Waals surface area contributed by atoms with Gasteiger partial charge in [-0.05, 0) is 44.2 Å². The molecule has 1 saturated carbocycles. The molecule has 1 aliphatic carbocycles. The number of hydrogen-bond acceptors (Lipinski definition) is 10. The predicted molar refractivity (Wildman–Crippen MR) is 138 cm³/mol. The molecule has 202 valence electrons. The Hall–Kier alpha value is -4.46. The van der Waals surface area contributed by atoms with Crippen LogP contribution in [-0.4, -0.2) is 71.6 Å². The van der Waals surface area contributed by atoms with E-state index in [1.54, 1.807) is 14.0 Å². The molecule has 1 atom stereocenters. The number of nitrogens with one attached hydrogen (secondary N) is 1. The summed E-state index contributed by atoms with van der Waals surface area (Å²) in [6, 6.07) is 4.93. The zero-order valence-corrected chi connectivity index (χ0v) is 21.7. The fourth-order valence-corrected chi connectivity index (χ4v) is 4.96. The molecule has 12 nitrogen and oxygen atoms in total. The molecule has 1 saturated heterocycles. The highest BCUT2D eigenvalue weighted by Crippen LogP contribution is 2.49. The molecule has 5 rings (SSSR count). The van der Waals surface area contributed by atoms with Crippen LogP contribution in [-0.2, 0) is 27.2 Å². The number of carbonyl (C=O) groups excluding carboxylic acids is 3. The Balaban J connectivity index is 1.37. The van der Waals surface area contributed by atoms with Crippen molar-refractivity contribution in [2.75, 3.05) is 37.1 Å². The summed E-state index contributed by atoms with van der Waals surface area (Å²) in [6.45, 7) is 3.25. The van der Waals surface area contributed by atoms with Crippen molar-refractivity contribution in [3.8, 4) is 11.8 Å². The van der Waals surface area contributed by atoms with Crippen LogP contribution in [0.2, 0.25) is 0 Å². The van der Waals surface area contributed by atoms with E-state index in [0.29, 0.717) is 56.8 Å². The van der Waals surface area contributed by atoms with Gasteiger partial charge in [0.1, 0.15) is 47.4 Å². The Morgan fingerprint density at radius 1 is 1.38 bits per heavy atom. The lowest BCUT2D eigenvalue weighted by molar-refractivity contribution is 0.0919. The van der Waals surface area contributed by atoms with Crippen molar-refractivity contribution in [2.45, 2.75) is 50.8 Å². The predicted octanol–water partition coefficient (Wildman–Crippen LogP) is 2.60. The van der Waals surface area contributed by atoms with Gasteiger partial charge in [-0.2, -0.15) is 5.26 Å². The molecule has 3 aliphatic rings. The van der Waals surface area contributed by atoms with Gasteiger partial charge in [0, 0.05) is 31.8 Å². The van der Waals surface area contributed by atoms with E-state index in [9.17, 15) is 19.6 Å². The molecule has 0 radical (unpaired) electrons. The van der Waals surface area contributed by atoms with Crippen LogP contribution in [0.1, 0.15) is 53.4 Å². The largest absolute Gasteiger partial charge is 0.487 e. The monoisotopic (exact) mass is 532 g/mol. The minimum Gasteiger partial charge on any atom is -0.487 e. The number of nitrogens with zero attached hydrogens (tertiary/aromatic N) is 5. The van der Waals surface area contributed by atoms with Gasteiger partial charge in [-0.25, -0.2) is 19.6 Å². The van der Waals surface area contributed by atoms with Gasteiger partial charge in [-0.1, -0.05) is 0 Å². The van der Waals surface area contributed by atoms with Crippen LogP contribution in [0.3, 0.4) is 0 Å². The van der Waals surface area contributed by atoms with E-state index < -0.39 is 6.03 Å². The Kier molecular flexibility index (Phi) is 7.19. The van der Waals surface area contributed by atoms with Crippen LogP contribution in [0.5, 0.6) is 5.75 Å². The molecule has 1 N–H and O–H groups in total. The number of methoxy groups -OCH3 is 1. The van der Waals surface area contributed by atoms with E-state index in [0.717, 1.165) is 18.4 Å². The lowest BCUT2D eigenvalue weighted by atomic mass is 10.0. The van der Waals surface area contributed by atoms with Gasteiger partial charge in [0.05, 0.1) is 18.3 Å². The van der Waals surface area contributed by atoms with E-state index in [1.807, 2.05) is 23.0 Å². The maximum atomic E-state index is 13.3. The van der Waals surface area contributed by atoms with Crippen LogP contribution in [0.4, 0.5) is 16.4 Å². The topological polar surface area (TPSA) is 147 Å². The van der Waals surface area contributed by atoms with Crippen LogP contribution >= 0.6 is 0 Å². The zero-order chi connectivity index (χ0) is 27.6. The third-order valence-electron chi connectivity index (χ3n) is 7.12. The molecule has 0 bridgehead atoms. The van der Waals surface area contributed by atoms with Crippen LogP contribution in [0.25, 0.3) is 0 Å². The lowest BCUT2D eigenvalue weighted by Gasteiger charge is -2.30. The van der Waals surface area contributed by atoms with Crippen molar-refractivity contribution in [3.05, 3.63) is 46.6 Å². The van der Waals surface area contributed by atoms with Crippen LogP contribution in [0, 0.1) is 11.3 Å². The number of carbonyl (C=O) groups is 2. The minimum atomic E-state index is -0.475. The van der Waals surface area contributed by atoms with E-state index in [4.69, 9.17) is 14.2 Å². The molecule has 2 amide bonds. The Labute approximate surface area is 225 Å². The molecule has 2 aliphatic heterocycles. The Morgan fingerprint density at radius 2 is 2.21 bits per heavy atom. The van der Waals surface area contributed by atoms with Gasteiger partial charge in [0.2, 0.25) is 0 Å². The van der Waals surface area contributed by atoms with Gasteiger partial charge in [0.15, 0.2) is 12.2 Å². The summed E-state index contributed by atoms with van der Waals surface area (Å²) >= 11 is 0. The van der Waals surface area contributed by atoms with Crippen molar-refractivity contribution in [1.29, 1.82) is 5.26 Å². The summed E-state index contributed by atoms with van der Waals surface area (Å²) in [5.41, 5.74) is 1.70. The molecule has 2 aromatic heterocycles. The van der Waals surface area contributed by atoms with Gasteiger partial charge in [-0.15, -0.1) is 0 Å². The first-order chi connectivity index (χ1) is 18.9. The minimum absolute atomic E-state index is 0.151. The fourth-order valence-electron chi connectivity index (χ4n) is 4.96. The van der Waals surface area contributed by atoms with E-state index in [1.165, 1.54) is 17.2 Å². The molecule has 1 unspecified atom stereocenters. The van der Waals surface area contributed by atoms with Crippen molar-refractivity contribution < 1.29 is 28.6 Å². The number of rotatable bonds is 8. The number of fused-ring (bicyclic) bond motifs is 1. The molecule has 4 heterocycles. The third-order valence-corrected chi connectivity index (χ3v) is 7.12. The second-order valence-corrected chi connectivity index (χ2v) is 9.89.